The number of hydrogen-bond acceptors (Lipinski definition) is 7. The summed E-state index contributed by atoms with van der Waals surface area (Å²) in [6.45, 7) is 4.22. The lowest BCUT2D eigenvalue weighted by molar-refractivity contribution is -0.119. The molecule has 1 amide bonds. The van der Waals surface area contributed by atoms with Crippen LogP contribution in [0.1, 0.15) is 25.1 Å². The van der Waals surface area contributed by atoms with Gasteiger partial charge in [0.15, 0.2) is 0 Å². The second-order valence-electron chi connectivity index (χ2n) is 6.62. The maximum Gasteiger partial charge on any atom is 0.234 e. The zero-order valence-corrected chi connectivity index (χ0v) is 16.3. The van der Waals surface area contributed by atoms with Crippen LogP contribution < -0.4 is 16.4 Å². The van der Waals surface area contributed by atoms with Crippen molar-refractivity contribution < 1.29 is 4.79 Å². The number of amides is 1. The fraction of sp³-hybridized carbons (Fsp3) is 0.278. The smallest absolute Gasteiger partial charge is 0.234 e. The predicted molar refractivity (Wildman–Crippen MR) is 106 cm³/mol. The summed E-state index contributed by atoms with van der Waals surface area (Å²) in [5, 5.41) is 10.8. The highest BCUT2D eigenvalue weighted by Crippen LogP contribution is 2.28. The highest BCUT2D eigenvalue weighted by atomic mass is 35.5. The first kappa shape index (κ1) is 19.7. The van der Waals surface area contributed by atoms with Crippen molar-refractivity contribution >= 4 is 23.5 Å². The van der Waals surface area contributed by atoms with Crippen LogP contribution in [0, 0.1) is 0 Å². The minimum atomic E-state index is -0.556. The Hall–Kier alpha value is -3.04. The molecule has 3 aromatic heterocycles. The van der Waals surface area contributed by atoms with Crippen LogP contribution in [0.15, 0.2) is 43.1 Å². The summed E-state index contributed by atoms with van der Waals surface area (Å²) >= 11 is 6.25. The van der Waals surface area contributed by atoms with E-state index in [4.69, 9.17) is 17.3 Å². The van der Waals surface area contributed by atoms with E-state index in [9.17, 15) is 4.79 Å². The molecule has 3 aromatic rings. The van der Waals surface area contributed by atoms with E-state index in [1.807, 2.05) is 13.8 Å². The van der Waals surface area contributed by atoms with E-state index in [-0.39, 0.29) is 12.5 Å². The second-order valence-corrected chi connectivity index (χ2v) is 7.03. The average Bonchev–Trinajstić information content (AvgIpc) is 3.15. The van der Waals surface area contributed by atoms with Gasteiger partial charge in [0.25, 0.3) is 0 Å². The van der Waals surface area contributed by atoms with Crippen LogP contribution in [0.3, 0.4) is 0 Å². The Morgan fingerprint density at radius 3 is 2.68 bits per heavy atom. The van der Waals surface area contributed by atoms with E-state index in [0.29, 0.717) is 28.9 Å². The molecule has 0 spiro atoms. The SMILES string of the molecule is CC(C)(Nc1ncc(-n2cc(CNC(=O)CN)cn2)cn1)c1ncccc1Cl. The molecule has 0 aromatic carbocycles. The van der Waals surface area contributed by atoms with Gasteiger partial charge in [-0.1, -0.05) is 11.6 Å². The molecule has 0 saturated carbocycles. The second kappa shape index (κ2) is 8.32. The number of rotatable bonds is 7. The Kier molecular flexibility index (Phi) is 5.86. The standard InChI is InChI=1S/C18H21ClN8O/c1-18(2,16-14(19)4-3-5-21-16)26-17-23-9-13(10-24-17)27-11-12(8-25-27)7-22-15(28)6-20/h3-5,8-11H,6-7,20H2,1-2H3,(H,22,28)(H,23,24,26). The topological polar surface area (TPSA) is 124 Å². The molecule has 0 aliphatic carbocycles. The van der Waals surface area contributed by atoms with Crippen molar-refractivity contribution in [2.24, 2.45) is 5.73 Å². The summed E-state index contributed by atoms with van der Waals surface area (Å²) in [4.78, 5) is 24.3. The van der Waals surface area contributed by atoms with Gasteiger partial charge < -0.3 is 16.4 Å². The first-order valence-electron chi connectivity index (χ1n) is 8.61. The molecule has 0 saturated heterocycles. The quantitative estimate of drug-likeness (QED) is 0.550. The van der Waals surface area contributed by atoms with Crippen LogP contribution in [-0.2, 0) is 16.9 Å². The van der Waals surface area contributed by atoms with Crippen LogP contribution in [0.4, 0.5) is 5.95 Å². The van der Waals surface area contributed by atoms with E-state index in [2.05, 4.69) is 30.7 Å². The van der Waals surface area contributed by atoms with E-state index < -0.39 is 5.54 Å². The first-order chi connectivity index (χ1) is 13.4. The summed E-state index contributed by atoms with van der Waals surface area (Å²) < 4.78 is 1.63. The van der Waals surface area contributed by atoms with E-state index in [1.165, 1.54) is 0 Å². The fourth-order valence-electron chi connectivity index (χ4n) is 2.55. The molecule has 0 atom stereocenters. The van der Waals surface area contributed by atoms with Gasteiger partial charge in [0, 0.05) is 24.5 Å². The number of pyridine rings is 1. The van der Waals surface area contributed by atoms with Gasteiger partial charge >= 0.3 is 0 Å². The first-order valence-corrected chi connectivity index (χ1v) is 8.99. The number of hydrogen-bond donors (Lipinski definition) is 3. The number of carbonyl (C=O) groups is 1. The van der Waals surface area contributed by atoms with Gasteiger partial charge in [-0.25, -0.2) is 14.6 Å². The number of nitrogens with one attached hydrogen (secondary N) is 2. The molecule has 0 aliphatic rings. The van der Waals surface area contributed by atoms with Crippen LogP contribution in [0.25, 0.3) is 5.69 Å². The van der Waals surface area contributed by atoms with E-state index in [1.54, 1.807) is 47.8 Å². The molecule has 28 heavy (non-hydrogen) atoms. The molecular weight excluding hydrogens is 380 g/mol. The minimum Gasteiger partial charge on any atom is -0.351 e. The van der Waals surface area contributed by atoms with E-state index >= 15 is 0 Å². The summed E-state index contributed by atoms with van der Waals surface area (Å²) in [5.74, 6) is 0.222. The molecule has 0 bridgehead atoms. The Bertz CT molecular complexity index is 954. The monoisotopic (exact) mass is 400 g/mol. The molecule has 0 fully saturated rings. The zero-order chi connectivity index (χ0) is 20.1. The Morgan fingerprint density at radius 1 is 1.25 bits per heavy atom. The highest BCUT2D eigenvalue weighted by molar-refractivity contribution is 6.31. The summed E-state index contributed by atoms with van der Waals surface area (Å²) in [6, 6.07) is 3.58. The normalized spacial score (nSPS) is 11.3. The molecular formula is C18H21ClN8O. The van der Waals surface area contributed by atoms with Gasteiger partial charge in [-0.2, -0.15) is 5.10 Å². The van der Waals surface area contributed by atoms with Gasteiger partial charge in [-0.3, -0.25) is 9.78 Å². The molecule has 0 unspecified atom stereocenters. The Balaban J connectivity index is 1.69. The molecule has 9 nitrogen and oxygen atoms in total. The lowest BCUT2D eigenvalue weighted by Crippen LogP contribution is -2.30. The van der Waals surface area contributed by atoms with Gasteiger partial charge in [-0.15, -0.1) is 0 Å². The van der Waals surface area contributed by atoms with Crippen LogP contribution in [-0.4, -0.2) is 37.2 Å². The third kappa shape index (κ3) is 4.62. The number of halogens is 1. The molecule has 3 heterocycles. The van der Waals surface area contributed by atoms with Crippen molar-refractivity contribution in [1.82, 2.24) is 30.0 Å². The maximum absolute atomic E-state index is 11.2. The van der Waals surface area contributed by atoms with Gasteiger partial charge in [0.2, 0.25) is 11.9 Å². The van der Waals surface area contributed by atoms with Gasteiger partial charge in [0.1, 0.15) is 5.69 Å². The lowest BCUT2D eigenvalue weighted by atomic mass is 10.00. The van der Waals surface area contributed by atoms with Crippen molar-refractivity contribution in [3.8, 4) is 5.69 Å². The third-order valence-electron chi connectivity index (χ3n) is 3.99. The molecule has 10 heteroatoms. The molecule has 146 valence electrons. The summed E-state index contributed by atoms with van der Waals surface area (Å²) in [6.07, 6.45) is 8.45. The van der Waals surface area contributed by atoms with E-state index in [0.717, 1.165) is 5.56 Å². The minimum absolute atomic E-state index is 0.0451. The number of nitrogens with zero attached hydrogens (tertiary/aromatic N) is 5. The molecule has 4 N–H and O–H groups in total. The lowest BCUT2D eigenvalue weighted by Gasteiger charge is -2.26. The third-order valence-corrected chi connectivity index (χ3v) is 4.29. The van der Waals surface area contributed by atoms with Crippen molar-refractivity contribution in [1.29, 1.82) is 0 Å². The van der Waals surface area contributed by atoms with Gasteiger partial charge in [0.05, 0.1) is 41.4 Å². The summed E-state index contributed by atoms with van der Waals surface area (Å²) in [5.41, 5.74) is 6.96. The van der Waals surface area contributed by atoms with Gasteiger partial charge in [-0.05, 0) is 26.0 Å². The van der Waals surface area contributed by atoms with Crippen LogP contribution >= 0.6 is 11.6 Å². The number of aromatic nitrogens is 5. The number of anilines is 1. The maximum atomic E-state index is 11.2. The van der Waals surface area contributed by atoms with Crippen LogP contribution in [0.5, 0.6) is 0 Å². The molecule has 0 aliphatic heterocycles. The molecule has 0 radical (unpaired) electrons. The largest absolute Gasteiger partial charge is 0.351 e. The zero-order valence-electron chi connectivity index (χ0n) is 15.6. The number of carbonyl (C=O) groups excluding carboxylic acids is 1. The van der Waals surface area contributed by atoms with Crippen LogP contribution in [0.2, 0.25) is 5.02 Å². The summed E-state index contributed by atoms with van der Waals surface area (Å²) in [7, 11) is 0. The van der Waals surface area contributed by atoms with Crippen molar-refractivity contribution in [2.75, 3.05) is 11.9 Å². The van der Waals surface area contributed by atoms with Crippen molar-refractivity contribution in [2.45, 2.75) is 25.9 Å². The Labute approximate surface area is 167 Å². The average molecular weight is 401 g/mol. The predicted octanol–water partition coefficient (Wildman–Crippen LogP) is 1.63. The Morgan fingerprint density at radius 2 is 2.00 bits per heavy atom. The molecule has 3 rings (SSSR count). The fourth-order valence-corrected chi connectivity index (χ4v) is 2.91. The van der Waals surface area contributed by atoms with Crippen molar-refractivity contribution in [3.63, 3.8) is 0 Å². The van der Waals surface area contributed by atoms with Crippen molar-refractivity contribution in [3.05, 3.63) is 59.4 Å². The highest BCUT2D eigenvalue weighted by Gasteiger charge is 2.25. The number of nitrogens with two attached hydrogens (primary N) is 1.